The molecule has 0 aliphatic carbocycles. The topological polar surface area (TPSA) is 108 Å². The van der Waals surface area contributed by atoms with Crippen LogP contribution in [0.2, 0.25) is 0 Å². The summed E-state index contributed by atoms with van der Waals surface area (Å²) in [6.07, 6.45) is -4.61. The molecule has 4 N–H and O–H groups in total. The van der Waals surface area contributed by atoms with E-state index in [0.717, 1.165) is 35.5 Å². The van der Waals surface area contributed by atoms with Crippen LogP contribution in [-0.4, -0.2) is 70.6 Å². The number of hydrogen-bond donors (Lipinski definition) is 3. The van der Waals surface area contributed by atoms with E-state index in [2.05, 4.69) is 15.3 Å². The molecule has 2 saturated heterocycles. The quantitative estimate of drug-likeness (QED) is 0.471. The van der Waals surface area contributed by atoms with Gasteiger partial charge in [-0.05, 0) is 30.7 Å². The summed E-state index contributed by atoms with van der Waals surface area (Å²) in [5.41, 5.74) is 4.43. The van der Waals surface area contributed by atoms with Gasteiger partial charge in [0, 0.05) is 25.4 Å². The van der Waals surface area contributed by atoms with Gasteiger partial charge in [0.15, 0.2) is 11.6 Å². The third-order valence-corrected chi connectivity index (χ3v) is 6.65. The van der Waals surface area contributed by atoms with Crippen molar-refractivity contribution < 1.29 is 36.2 Å². The lowest BCUT2D eigenvalue weighted by molar-refractivity contribution is -0.137. The first-order valence-corrected chi connectivity index (χ1v) is 11.6. The molecule has 1 aromatic heterocycles. The van der Waals surface area contributed by atoms with Gasteiger partial charge < -0.3 is 21.1 Å². The predicted molar refractivity (Wildman–Crippen MR) is 121 cm³/mol. The highest BCUT2D eigenvalue weighted by Crippen LogP contribution is 2.44. The monoisotopic (exact) mass is 532 g/mol. The van der Waals surface area contributed by atoms with E-state index in [4.69, 9.17) is 5.73 Å². The van der Waals surface area contributed by atoms with E-state index in [1.807, 2.05) is 0 Å². The predicted octanol–water partition coefficient (Wildman–Crippen LogP) is 2.80. The van der Waals surface area contributed by atoms with Crippen molar-refractivity contribution in [2.75, 3.05) is 42.9 Å². The van der Waals surface area contributed by atoms with Crippen molar-refractivity contribution in [2.24, 2.45) is 11.7 Å². The van der Waals surface area contributed by atoms with E-state index in [0.29, 0.717) is 13.0 Å². The number of carbonyl (C=O) groups is 1. The molecule has 0 spiro atoms. The third kappa shape index (κ3) is 6.24. The average Bonchev–Trinajstić information content (AvgIpc) is 3.13. The number of rotatable bonds is 7. The molecule has 0 bridgehead atoms. The van der Waals surface area contributed by atoms with Gasteiger partial charge >= 0.3 is 6.18 Å². The van der Waals surface area contributed by atoms with Crippen LogP contribution in [0.25, 0.3) is 0 Å². The smallest absolute Gasteiger partial charge is 0.391 e. The van der Waals surface area contributed by atoms with Crippen molar-refractivity contribution in [3.05, 3.63) is 47.5 Å². The van der Waals surface area contributed by atoms with Gasteiger partial charge in [0.1, 0.15) is 6.33 Å². The molecule has 3 atom stereocenters. The SMILES string of the molecule is NC(=O)CN1CC[C@H](CNc2ncnc(N3CC(F)(F)C[C@@H]3c3ccc(C(F)(F)F)cc3)c2F)[C@@H](O)C1. The summed E-state index contributed by atoms with van der Waals surface area (Å²) >= 11 is 0. The maximum atomic E-state index is 15.4. The van der Waals surface area contributed by atoms with Crippen LogP contribution in [0, 0.1) is 11.7 Å². The van der Waals surface area contributed by atoms with E-state index in [9.17, 15) is 31.9 Å². The molecule has 0 radical (unpaired) electrons. The number of amides is 1. The van der Waals surface area contributed by atoms with Gasteiger partial charge in [-0.3, -0.25) is 9.69 Å². The lowest BCUT2D eigenvalue weighted by atomic mass is 9.93. The molecule has 0 unspecified atom stereocenters. The fraction of sp³-hybridized carbons (Fsp3) is 0.522. The molecule has 14 heteroatoms. The average molecular weight is 532 g/mol. The van der Waals surface area contributed by atoms with Crippen LogP contribution in [0.5, 0.6) is 0 Å². The molecular weight excluding hydrogens is 506 g/mol. The van der Waals surface area contributed by atoms with E-state index in [1.165, 1.54) is 0 Å². The first-order chi connectivity index (χ1) is 17.3. The van der Waals surface area contributed by atoms with Crippen LogP contribution in [-0.2, 0) is 11.0 Å². The second kappa shape index (κ2) is 10.3. The van der Waals surface area contributed by atoms with Crippen molar-refractivity contribution >= 4 is 17.5 Å². The Labute approximate surface area is 208 Å². The standard InChI is InChI=1S/C23H26F6N6O2/c24-19-20(31-8-14-5-6-34(9-17(14)36)10-18(30)37)32-12-33-21(19)35-11-22(25,26)7-16(35)13-1-3-15(4-2-13)23(27,28)29/h1-4,12,14,16-17,36H,5-11H2,(H2,30,37)(H,31,32,33)/t14-,16-,17+/m1/s1. The molecule has 4 rings (SSSR count). The number of hydrogen-bond acceptors (Lipinski definition) is 7. The zero-order valence-corrected chi connectivity index (χ0v) is 19.6. The first kappa shape index (κ1) is 26.9. The molecular formula is C23H26F6N6O2. The molecule has 202 valence electrons. The Kier molecular flexibility index (Phi) is 7.51. The van der Waals surface area contributed by atoms with Crippen molar-refractivity contribution in [3.63, 3.8) is 0 Å². The Morgan fingerprint density at radius 3 is 2.54 bits per heavy atom. The highest BCUT2D eigenvalue weighted by molar-refractivity contribution is 5.75. The van der Waals surface area contributed by atoms with Gasteiger partial charge in [-0.2, -0.15) is 17.6 Å². The summed E-state index contributed by atoms with van der Waals surface area (Å²) in [7, 11) is 0. The Morgan fingerprint density at radius 1 is 1.22 bits per heavy atom. The Bertz CT molecular complexity index is 1120. The van der Waals surface area contributed by atoms with Crippen LogP contribution in [0.1, 0.15) is 30.0 Å². The lowest BCUT2D eigenvalue weighted by Crippen LogP contribution is -2.48. The molecule has 0 saturated carbocycles. The summed E-state index contributed by atoms with van der Waals surface area (Å²) in [5.74, 6) is -5.67. The summed E-state index contributed by atoms with van der Waals surface area (Å²) in [4.78, 5) is 21.5. The Hall–Kier alpha value is -3.13. The number of halogens is 6. The first-order valence-electron chi connectivity index (χ1n) is 11.6. The van der Waals surface area contributed by atoms with Crippen LogP contribution >= 0.6 is 0 Å². The maximum absolute atomic E-state index is 15.4. The summed E-state index contributed by atoms with van der Waals surface area (Å²) in [5, 5.41) is 13.2. The lowest BCUT2D eigenvalue weighted by Gasteiger charge is -2.35. The third-order valence-electron chi connectivity index (χ3n) is 6.65. The van der Waals surface area contributed by atoms with E-state index >= 15 is 4.39 Å². The fourth-order valence-electron chi connectivity index (χ4n) is 4.79. The van der Waals surface area contributed by atoms with E-state index in [-0.39, 0.29) is 36.9 Å². The highest BCUT2D eigenvalue weighted by atomic mass is 19.4. The minimum absolute atomic E-state index is 0.0156. The van der Waals surface area contributed by atoms with Gasteiger partial charge in [-0.1, -0.05) is 12.1 Å². The van der Waals surface area contributed by atoms with Gasteiger partial charge in [0.25, 0.3) is 5.92 Å². The molecule has 2 aliphatic rings. The minimum Gasteiger partial charge on any atom is -0.391 e. The number of primary amides is 1. The molecule has 8 nitrogen and oxygen atoms in total. The second-order valence-electron chi connectivity index (χ2n) is 9.38. The number of likely N-dealkylation sites (tertiary alicyclic amines) is 1. The number of β-amino-alcohol motifs (C(OH)–C–C–N with tert-alkyl or cyclic N) is 1. The van der Waals surface area contributed by atoms with E-state index in [1.54, 1.807) is 4.90 Å². The molecule has 2 aliphatic heterocycles. The van der Waals surface area contributed by atoms with Crippen molar-refractivity contribution in [3.8, 4) is 0 Å². The van der Waals surface area contributed by atoms with Crippen LogP contribution in [0.4, 0.5) is 38.0 Å². The highest BCUT2D eigenvalue weighted by Gasteiger charge is 2.47. The van der Waals surface area contributed by atoms with Crippen molar-refractivity contribution in [2.45, 2.75) is 37.1 Å². The number of aliphatic hydroxyl groups is 1. The Balaban J connectivity index is 1.50. The van der Waals surface area contributed by atoms with Crippen LogP contribution in [0.15, 0.2) is 30.6 Å². The van der Waals surface area contributed by atoms with Crippen LogP contribution < -0.4 is 16.0 Å². The van der Waals surface area contributed by atoms with Gasteiger partial charge in [-0.25, -0.2) is 18.7 Å². The molecule has 1 amide bonds. The number of alkyl halides is 5. The number of nitrogens with two attached hydrogens (primary N) is 1. The summed E-state index contributed by atoms with van der Waals surface area (Å²) < 4.78 is 82.9. The van der Waals surface area contributed by atoms with Crippen LogP contribution in [0.3, 0.4) is 0 Å². The summed E-state index contributed by atoms with van der Waals surface area (Å²) in [6.45, 7) is -0.0196. The molecule has 2 fully saturated rings. The largest absolute Gasteiger partial charge is 0.416 e. The number of benzene rings is 1. The van der Waals surface area contributed by atoms with Gasteiger partial charge in [-0.15, -0.1) is 0 Å². The molecule has 2 aromatic rings. The Morgan fingerprint density at radius 2 is 1.92 bits per heavy atom. The number of aromatic nitrogens is 2. The minimum atomic E-state index is -4.58. The van der Waals surface area contributed by atoms with Gasteiger partial charge in [0.2, 0.25) is 11.7 Å². The number of piperidine rings is 1. The number of nitrogens with one attached hydrogen (secondary N) is 1. The number of aliphatic hydroxyl groups excluding tert-OH is 1. The van der Waals surface area contributed by atoms with Crippen molar-refractivity contribution in [1.29, 1.82) is 0 Å². The summed E-state index contributed by atoms with van der Waals surface area (Å²) in [6, 6.07) is 2.70. The number of nitrogens with zero attached hydrogens (tertiary/aromatic N) is 4. The maximum Gasteiger partial charge on any atom is 0.416 e. The number of carbonyl (C=O) groups excluding carboxylic acids is 1. The normalized spacial score (nSPS) is 24.3. The zero-order chi connectivity index (χ0) is 27.0. The van der Waals surface area contributed by atoms with Crippen molar-refractivity contribution in [1.82, 2.24) is 14.9 Å². The zero-order valence-electron chi connectivity index (χ0n) is 19.6. The molecule has 1 aromatic carbocycles. The van der Waals surface area contributed by atoms with E-state index < -0.39 is 60.3 Å². The second-order valence-corrected chi connectivity index (χ2v) is 9.38. The molecule has 37 heavy (non-hydrogen) atoms. The number of anilines is 2. The fourth-order valence-corrected chi connectivity index (χ4v) is 4.79. The molecule has 3 heterocycles. The van der Waals surface area contributed by atoms with Gasteiger partial charge in [0.05, 0.1) is 30.8 Å².